The highest BCUT2D eigenvalue weighted by Crippen LogP contribution is 2.33. The van der Waals surface area contributed by atoms with Crippen molar-refractivity contribution in [3.63, 3.8) is 0 Å². The van der Waals surface area contributed by atoms with E-state index in [0.29, 0.717) is 6.04 Å². The van der Waals surface area contributed by atoms with Gasteiger partial charge in [0, 0.05) is 30.7 Å². The number of hydrogen-bond donors (Lipinski definition) is 2. The van der Waals surface area contributed by atoms with E-state index in [1.165, 1.54) is 11.4 Å². The topological polar surface area (TPSA) is 27.3 Å². The lowest BCUT2D eigenvalue weighted by atomic mass is 10.1. The molecule has 0 radical (unpaired) electrons. The Balaban J connectivity index is 1.96. The van der Waals surface area contributed by atoms with Gasteiger partial charge in [-0.25, -0.2) is 0 Å². The molecule has 3 rings (SSSR count). The Labute approximate surface area is 98.0 Å². The van der Waals surface area contributed by atoms with Crippen molar-refractivity contribution < 1.29 is 0 Å². The molecule has 1 saturated heterocycles. The van der Waals surface area contributed by atoms with Gasteiger partial charge in [0.25, 0.3) is 0 Å². The Morgan fingerprint density at radius 2 is 2.20 bits per heavy atom. The van der Waals surface area contributed by atoms with Crippen LogP contribution in [0.2, 0.25) is 0 Å². The second-order valence-electron chi connectivity index (χ2n) is 4.09. The molecule has 2 heterocycles. The number of nitrogens with one attached hydrogen (secondary N) is 2. The molecular weight excluding hydrogens is 254 g/mol. The van der Waals surface area contributed by atoms with Gasteiger partial charge in [-0.1, -0.05) is 15.9 Å². The minimum Gasteiger partial charge on any atom is -0.382 e. The fourth-order valence-corrected chi connectivity index (χ4v) is 2.55. The molecule has 4 heteroatoms. The smallest absolute Gasteiger partial charge is 0.0617 e. The highest BCUT2D eigenvalue weighted by molar-refractivity contribution is 9.10. The van der Waals surface area contributed by atoms with Crippen molar-refractivity contribution in [3.05, 3.63) is 22.7 Å². The zero-order chi connectivity index (χ0) is 10.3. The van der Waals surface area contributed by atoms with Crippen molar-refractivity contribution in [1.82, 2.24) is 5.32 Å². The fraction of sp³-hybridized carbons (Fsp3) is 0.455. The van der Waals surface area contributed by atoms with Crippen LogP contribution in [0.25, 0.3) is 0 Å². The van der Waals surface area contributed by atoms with Crippen LogP contribution in [0.15, 0.2) is 22.7 Å². The average molecular weight is 268 g/mol. The molecule has 0 aliphatic carbocycles. The third-order valence-corrected chi connectivity index (χ3v) is 3.63. The number of anilines is 2. The Morgan fingerprint density at radius 3 is 2.93 bits per heavy atom. The molecule has 0 spiro atoms. The van der Waals surface area contributed by atoms with E-state index in [9.17, 15) is 0 Å². The van der Waals surface area contributed by atoms with E-state index in [1.54, 1.807) is 0 Å². The second-order valence-corrected chi connectivity index (χ2v) is 5.01. The lowest BCUT2D eigenvalue weighted by Gasteiger charge is -2.43. The first-order valence-corrected chi connectivity index (χ1v) is 6.15. The Bertz CT molecular complexity index is 376. The molecule has 15 heavy (non-hydrogen) atoms. The van der Waals surface area contributed by atoms with E-state index in [0.717, 1.165) is 30.7 Å². The summed E-state index contributed by atoms with van der Waals surface area (Å²) in [5, 5.41) is 6.77. The normalized spacial score (nSPS) is 20.5. The van der Waals surface area contributed by atoms with Gasteiger partial charge in [-0.05, 0) is 18.2 Å². The lowest BCUT2D eigenvalue weighted by Crippen LogP contribution is -2.59. The number of nitrogens with zero attached hydrogens (tertiary/aromatic N) is 1. The summed E-state index contributed by atoms with van der Waals surface area (Å²) in [5.74, 6) is 0. The number of halogens is 1. The Hall–Kier alpha value is -0.740. The average Bonchev–Trinajstić information content (AvgIpc) is 2.16. The minimum absolute atomic E-state index is 0.681. The van der Waals surface area contributed by atoms with Gasteiger partial charge in [0.2, 0.25) is 0 Å². The molecule has 2 aliphatic heterocycles. The van der Waals surface area contributed by atoms with Gasteiger partial charge in [-0.15, -0.1) is 0 Å². The first-order chi connectivity index (χ1) is 7.34. The van der Waals surface area contributed by atoms with E-state index in [-0.39, 0.29) is 0 Å². The zero-order valence-electron chi connectivity index (χ0n) is 8.46. The standard InChI is InChI=1S/C11H14BrN3/c12-8-1-2-10-11(5-8)15(4-3-14-10)9-6-13-7-9/h1-2,5,9,13-14H,3-4,6-7H2. The van der Waals surface area contributed by atoms with Crippen molar-refractivity contribution in [3.8, 4) is 0 Å². The Morgan fingerprint density at radius 1 is 1.33 bits per heavy atom. The van der Waals surface area contributed by atoms with Gasteiger partial charge in [0.15, 0.2) is 0 Å². The van der Waals surface area contributed by atoms with E-state index >= 15 is 0 Å². The molecule has 0 unspecified atom stereocenters. The van der Waals surface area contributed by atoms with Gasteiger partial charge in [-0.3, -0.25) is 0 Å². The predicted octanol–water partition coefficient (Wildman–Crippen LogP) is 1.65. The van der Waals surface area contributed by atoms with Crippen molar-refractivity contribution in [2.45, 2.75) is 6.04 Å². The van der Waals surface area contributed by atoms with E-state index in [4.69, 9.17) is 0 Å². The van der Waals surface area contributed by atoms with Crippen LogP contribution in [0.1, 0.15) is 0 Å². The minimum atomic E-state index is 0.681. The third kappa shape index (κ3) is 1.62. The maximum atomic E-state index is 3.54. The van der Waals surface area contributed by atoms with Crippen LogP contribution < -0.4 is 15.5 Å². The summed E-state index contributed by atoms with van der Waals surface area (Å²) in [5.41, 5.74) is 2.60. The fourth-order valence-electron chi connectivity index (χ4n) is 2.20. The maximum absolute atomic E-state index is 3.54. The quantitative estimate of drug-likeness (QED) is 0.811. The second kappa shape index (κ2) is 3.68. The molecule has 80 valence electrons. The molecule has 0 saturated carbocycles. The third-order valence-electron chi connectivity index (χ3n) is 3.14. The lowest BCUT2D eigenvalue weighted by molar-refractivity contribution is 0.414. The molecule has 1 aromatic rings. The largest absolute Gasteiger partial charge is 0.382 e. The monoisotopic (exact) mass is 267 g/mol. The highest BCUT2D eigenvalue weighted by Gasteiger charge is 2.28. The van der Waals surface area contributed by atoms with Crippen molar-refractivity contribution in [2.75, 3.05) is 36.4 Å². The predicted molar refractivity (Wildman–Crippen MR) is 66.6 cm³/mol. The molecule has 0 atom stereocenters. The van der Waals surface area contributed by atoms with Crippen LogP contribution in [0.5, 0.6) is 0 Å². The van der Waals surface area contributed by atoms with Gasteiger partial charge in [-0.2, -0.15) is 0 Å². The van der Waals surface area contributed by atoms with E-state index in [2.05, 4.69) is 49.7 Å². The number of fused-ring (bicyclic) bond motifs is 1. The summed E-state index contributed by atoms with van der Waals surface area (Å²) in [6, 6.07) is 7.13. The summed E-state index contributed by atoms with van der Waals surface area (Å²) < 4.78 is 1.15. The molecule has 0 aromatic heterocycles. The van der Waals surface area contributed by atoms with Crippen LogP contribution in [0, 0.1) is 0 Å². The summed E-state index contributed by atoms with van der Waals surface area (Å²) in [4.78, 5) is 2.51. The maximum Gasteiger partial charge on any atom is 0.0617 e. The first-order valence-electron chi connectivity index (χ1n) is 5.35. The van der Waals surface area contributed by atoms with Crippen molar-refractivity contribution in [2.24, 2.45) is 0 Å². The molecule has 2 aliphatic rings. The molecule has 1 fully saturated rings. The summed E-state index contributed by atoms with van der Waals surface area (Å²) >= 11 is 3.54. The van der Waals surface area contributed by atoms with Gasteiger partial charge in [0.1, 0.15) is 0 Å². The number of rotatable bonds is 1. The van der Waals surface area contributed by atoms with Crippen LogP contribution in [0.4, 0.5) is 11.4 Å². The van der Waals surface area contributed by atoms with Crippen LogP contribution >= 0.6 is 15.9 Å². The summed E-state index contributed by atoms with van der Waals surface area (Å²) in [7, 11) is 0. The SMILES string of the molecule is Brc1ccc2c(c1)N(C1CNC1)CCN2. The molecule has 3 nitrogen and oxygen atoms in total. The van der Waals surface area contributed by atoms with E-state index in [1.807, 2.05) is 0 Å². The molecule has 2 N–H and O–H groups in total. The van der Waals surface area contributed by atoms with Crippen LogP contribution in [0.3, 0.4) is 0 Å². The molecule has 0 bridgehead atoms. The zero-order valence-corrected chi connectivity index (χ0v) is 10.0. The summed E-state index contributed by atoms with van der Waals surface area (Å²) in [6.45, 7) is 4.39. The van der Waals surface area contributed by atoms with Gasteiger partial charge >= 0.3 is 0 Å². The number of benzene rings is 1. The number of hydrogen-bond acceptors (Lipinski definition) is 3. The van der Waals surface area contributed by atoms with E-state index < -0.39 is 0 Å². The van der Waals surface area contributed by atoms with Crippen molar-refractivity contribution >= 4 is 27.3 Å². The van der Waals surface area contributed by atoms with Crippen molar-refractivity contribution in [1.29, 1.82) is 0 Å². The van der Waals surface area contributed by atoms with Crippen LogP contribution in [-0.2, 0) is 0 Å². The molecular formula is C11H14BrN3. The Kier molecular flexibility index (Phi) is 2.33. The molecule has 1 aromatic carbocycles. The van der Waals surface area contributed by atoms with Crippen LogP contribution in [-0.4, -0.2) is 32.2 Å². The van der Waals surface area contributed by atoms with Gasteiger partial charge < -0.3 is 15.5 Å². The van der Waals surface area contributed by atoms with Gasteiger partial charge in [0.05, 0.1) is 17.4 Å². The highest BCUT2D eigenvalue weighted by atomic mass is 79.9. The summed E-state index contributed by atoms with van der Waals surface area (Å²) in [6.07, 6.45) is 0. The first kappa shape index (κ1) is 9.48. The molecule has 0 amide bonds.